The van der Waals surface area contributed by atoms with Crippen LogP contribution in [0.3, 0.4) is 0 Å². The molecule has 0 saturated carbocycles. The standard InChI is InChI=1S/C24H24ClNO5S.Na/c1-16(26-15-23(27)19-3-2-4-20(25)14-19)13-17-5-9-21(10-6-17)32(30,31)22-11-7-18(8-12-22)24(28)29;/h2-12,14,16,23,26-27H,13,15H2,1H3,(H,28,29);/q;+1/p-1/t16-,23+;/m1./s1. The molecule has 3 aromatic carbocycles. The Bertz CT molecular complexity index is 1180. The van der Waals surface area contributed by atoms with Crippen LogP contribution in [0.25, 0.3) is 0 Å². The number of benzene rings is 3. The summed E-state index contributed by atoms with van der Waals surface area (Å²) in [6, 6.07) is 18.6. The summed E-state index contributed by atoms with van der Waals surface area (Å²) < 4.78 is 25.5. The molecule has 0 unspecified atom stereocenters. The maximum absolute atomic E-state index is 12.8. The summed E-state index contributed by atoms with van der Waals surface area (Å²) in [5.74, 6) is -1.36. The Morgan fingerprint density at radius 2 is 1.61 bits per heavy atom. The zero-order chi connectivity index (χ0) is 23.3. The Balaban J connectivity index is 0.00000385. The molecule has 0 radical (unpaired) electrons. The molecule has 0 aliphatic heterocycles. The molecule has 3 aromatic rings. The van der Waals surface area contributed by atoms with Gasteiger partial charge < -0.3 is 20.3 Å². The van der Waals surface area contributed by atoms with Crippen molar-refractivity contribution < 1.29 is 53.0 Å². The molecule has 0 fully saturated rings. The van der Waals surface area contributed by atoms with Crippen LogP contribution >= 0.6 is 11.6 Å². The number of hydrogen-bond donors (Lipinski definition) is 2. The van der Waals surface area contributed by atoms with Gasteiger partial charge in [-0.15, -0.1) is 0 Å². The van der Waals surface area contributed by atoms with E-state index in [1.165, 1.54) is 36.4 Å². The van der Waals surface area contributed by atoms with Crippen LogP contribution in [0.4, 0.5) is 0 Å². The minimum Gasteiger partial charge on any atom is -0.545 e. The second-order valence-corrected chi connectivity index (χ2v) is 9.93. The molecule has 6 nitrogen and oxygen atoms in total. The molecule has 2 N–H and O–H groups in total. The first-order chi connectivity index (χ1) is 15.2. The normalized spacial score (nSPS) is 13.1. The fourth-order valence-corrected chi connectivity index (χ4v) is 4.74. The molecule has 0 aromatic heterocycles. The molecule has 0 aliphatic carbocycles. The van der Waals surface area contributed by atoms with Crippen LogP contribution in [0.5, 0.6) is 0 Å². The topological polar surface area (TPSA) is 107 Å². The fourth-order valence-electron chi connectivity index (χ4n) is 3.28. The van der Waals surface area contributed by atoms with E-state index in [0.717, 1.165) is 11.1 Å². The zero-order valence-corrected chi connectivity index (χ0v) is 21.9. The van der Waals surface area contributed by atoms with Gasteiger partial charge in [-0.2, -0.15) is 0 Å². The Kier molecular flexibility index (Phi) is 10.1. The Hall–Kier alpha value is -1.71. The van der Waals surface area contributed by atoms with Crippen LogP contribution in [-0.4, -0.2) is 32.1 Å². The molecule has 0 saturated heterocycles. The van der Waals surface area contributed by atoms with Crippen LogP contribution in [0.15, 0.2) is 82.6 Å². The van der Waals surface area contributed by atoms with Crippen LogP contribution in [-0.2, 0) is 16.3 Å². The third-order valence-electron chi connectivity index (χ3n) is 5.07. The summed E-state index contributed by atoms with van der Waals surface area (Å²) in [4.78, 5) is 11.0. The molecular weight excluding hydrogens is 473 g/mol. The van der Waals surface area contributed by atoms with E-state index in [1.54, 1.807) is 30.3 Å². The first kappa shape index (κ1) is 27.5. The second-order valence-electron chi connectivity index (χ2n) is 7.54. The van der Waals surface area contributed by atoms with Crippen molar-refractivity contribution in [2.24, 2.45) is 0 Å². The van der Waals surface area contributed by atoms with E-state index in [4.69, 9.17) is 11.6 Å². The molecule has 9 heteroatoms. The third kappa shape index (κ3) is 7.39. The van der Waals surface area contributed by atoms with E-state index in [-0.39, 0.29) is 51.0 Å². The predicted octanol–water partition coefficient (Wildman–Crippen LogP) is -0.205. The van der Waals surface area contributed by atoms with Gasteiger partial charge in [0.15, 0.2) is 0 Å². The van der Waals surface area contributed by atoms with Crippen molar-refractivity contribution in [3.05, 3.63) is 94.5 Å². The summed E-state index contributed by atoms with van der Waals surface area (Å²) in [7, 11) is -3.76. The van der Waals surface area contributed by atoms with Crippen molar-refractivity contribution >= 4 is 27.4 Å². The van der Waals surface area contributed by atoms with Crippen molar-refractivity contribution in [1.29, 1.82) is 0 Å². The van der Waals surface area contributed by atoms with Crippen LogP contribution in [0.2, 0.25) is 5.02 Å². The van der Waals surface area contributed by atoms with E-state index < -0.39 is 21.9 Å². The molecule has 0 amide bonds. The molecule has 0 heterocycles. The number of carboxylic acids is 1. The number of carbonyl (C=O) groups excluding carboxylic acids is 1. The molecule has 33 heavy (non-hydrogen) atoms. The average molecular weight is 496 g/mol. The first-order valence-electron chi connectivity index (χ1n) is 9.99. The summed E-state index contributed by atoms with van der Waals surface area (Å²) in [6.45, 7) is 2.34. The Morgan fingerprint density at radius 1 is 1.03 bits per heavy atom. The monoisotopic (exact) mass is 495 g/mol. The van der Waals surface area contributed by atoms with Crippen molar-refractivity contribution in [1.82, 2.24) is 5.32 Å². The summed E-state index contributed by atoms with van der Waals surface area (Å²) in [5.41, 5.74) is 1.59. The number of hydrogen-bond acceptors (Lipinski definition) is 6. The summed E-state index contributed by atoms with van der Waals surface area (Å²) in [6.07, 6.45) is -0.0462. The minimum absolute atomic E-state index is 0. The molecular formula is C24H23ClNNaO5S. The number of carbonyl (C=O) groups is 1. The molecule has 0 spiro atoms. The molecule has 168 valence electrons. The third-order valence-corrected chi connectivity index (χ3v) is 7.09. The quantitative estimate of drug-likeness (QED) is 0.398. The van der Waals surface area contributed by atoms with Crippen molar-refractivity contribution in [2.75, 3.05) is 6.54 Å². The molecule has 2 atom stereocenters. The molecule has 3 rings (SSSR count). The van der Waals surface area contributed by atoms with Crippen LogP contribution < -0.4 is 40.0 Å². The van der Waals surface area contributed by atoms with Gasteiger partial charge in [-0.1, -0.05) is 48.0 Å². The van der Waals surface area contributed by atoms with Gasteiger partial charge in [-0.25, -0.2) is 8.42 Å². The number of aromatic carboxylic acids is 1. The zero-order valence-electron chi connectivity index (χ0n) is 18.4. The number of carboxylic acid groups (broad SMARTS) is 1. The first-order valence-corrected chi connectivity index (χ1v) is 11.9. The maximum atomic E-state index is 12.8. The summed E-state index contributed by atoms with van der Waals surface area (Å²) in [5, 5.41) is 25.0. The maximum Gasteiger partial charge on any atom is 1.00 e. The van der Waals surface area contributed by atoms with E-state index in [0.29, 0.717) is 18.0 Å². The Labute approximate surface area is 220 Å². The summed E-state index contributed by atoms with van der Waals surface area (Å²) >= 11 is 5.96. The van der Waals surface area contributed by atoms with Gasteiger partial charge >= 0.3 is 29.6 Å². The van der Waals surface area contributed by atoms with Crippen LogP contribution in [0, 0.1) is 0 Å². The second kappa shape index (κ2) is 12.1. The number of sulfone groups is 1. The van der Waals surface area contributed by atoms with Gasteiger partial charge in [-0.05, 0) is 66.4 Å². The van der Waals surface area contributed by atoms with E-state index in [9.17, 15) is 23.4 Å². The van der Waals surface area contributed by atoms with Gasteiger partial charge in [0.1, 0.15) is 0 Å². The molecule has 0 aliphatic rings. The average Bonchev–Trinajstić information content (AvgIpc) is 2.78. The van der Waals surface area contributed by atoms with Crippen molar-refractivity contribution in [3.63, 3.8) is 0 Å². The fraction of sp³-hybridized carbons (Fsp3) is 0.208. The number of nitrogens with one attached hydrogen (secondary N) is 1. The van der Waals surface area contributed by atoms with Crippen molar-refractivity contribution in [3.8, 4) is 0 Å². The van der Waals surface area contributed by atoms with Gasteiger partial charge in [0.25, 0.3) is 0 Å². The molecule has 0 bridgehead atoms. The van der Waals surface area contributed by atoms with Gasteiger partial charge in [0.2, 0.25) is 9.84 Å². The number of rotatable bonds is 9. The van der Waals surface area contributed by atoms with Crippen molar-refractivity contribution in [2.45, 2.75) is 35.3 Å². The predicted molar refractivity (Wildman–Crippen MR) is 120 cm³/mol. The van der Waals surface area contributed by atoms with Gasteiger partial charge in [0.05, 0.1) is 21.9 Å². The number of aliphatic hydroxyl groups excluding tert-OH is 1. The SMILES string of the molecule is C[C@H](Cc1ccc(S(=O)(=O)c2ccc(C(=O)[O-])cc2)cc1)NC[C@H](O)c1cccc(Cl)c1.[Na+]. The Morgan fingerprint density at radius 3 is 2.15 bits per heavy atom. The van der Waals surface area contributed by atoms with Crippen LogP contribution in [0.1, 0.15) is 34.5 Å². The van der Waals surface area contributed by atoms with E-state index in [1.807, 2.05) is 13.0 Å². The van der Waals surface area contributed by atoms with Gasteiger partial charge in [-0.3, -0.25) is 0 Å². The number of halogens is 1. The smallest absolute Gasteiger partial charge is 0.545 e. The largest absolute Gasteiger partial charge is 1.00 e. The number of aliphatic hydroxyl groups is 1. The van der Waals surface area contributed by atoms with Gasteiger partial charge in [0, 0.05) is 17.6 Å². The minimum atomic E-state index is -3.76. The van der Waals surface area contributed by atoms with E-state index >= 15 is 0 Å². The van der Waals surface area contributed by atoms with E-state index in [2.05, 4.69) is 5.32 Å².